The van der Waals surface area contributed by atoms with E-state index in [1.807, 2.05) is 6.20 Å². The van der Waals surface area contributed by atoms with Crippen LogP contribution in [-0.4, -0.2) is 4.98 Å². The van der Waals surface area contributed by atoms with Gasteiger partial charge in [-0.05, 0) is 24.6 Å². The van der Waals surface area contributed by atoms with Gasteiger partial charge in [-0.2, -0.15) is 0 Å². The van der Waals surface area contributed by atoms with Crippen LogP contribution in [0.3, 0.4) is 0 Å². The first-order chi connectivity index (χ1) is 8.69. The van der Waals surface area contributed by atoms with Crippen molar-refractivity contribution in [1.82, 2.24) is 10.3 Å². The molecule has 0 aliphatic rings. The maximum Gasteiger partial charge on any atom is 0.127 e. The van der Waals surface area contributed by atoms with E-state index in [1.54, 1.807) is 23.5 Å². The number of hydrogen-bond acceptors (Lipinski definition) is 3. The van der Waals surface area contributed by atoms with E-state index in [4.69, 9.17) is 0 Å². The number of thiazole rings is 1. The number of aryl methyl sites for hydroxylation is 1. The Bertz CT molecular complexity index is 527. The van der Waals surface area contributed by atoms with E-state index in [1.165, 1.54) is 10.9 Å². The van der Waals surface area contributed by atoms with Gasteiger partial charge in [-0.1, -0.05) is 22.9 Å². The minimum atomic E-state index is -0.181. The highest BCUT2D eigenvalue weighted by Crippen LogP contribution is 2.16. The van der Waals surface area contributed by atoms with Crippen LogP contribution in [0.2, 0.25) is 0 Å². The third kappa shape index (κ3) is 3.60. The Hall–Kier alpha value is -0.780. The van der Waals surface area contributed by atoms with Gasteiger partial charge < -0.3 is 5.32 Å². The van der Waals surface area contributed by atoms with Crippen LogP contribution >= 0.6 is 27.3 Å². The first-order valence-electron chi connectivity index (χ1n) is 5.77. The summed E-state index contributed by atoms with van der Waals surface area (Å²) in [6.45, 7) is 3.30. The van der Waals surface area contributed by atoms with Gasteiger partial charge in [-0.3, -0.25) is 0 Å². The van der Waals surface area contributed by atoms with Gasteiger partial charge in [-0.15, -0.1) is 11.3 Å². The fourth-order valence-corrected chi connectivity index (χ4v) is 2.82. The van der Waals surface area contributed by atoms with Crippen molar-refractivity contribution >= 4 is 27.3 Å². The van der Waals surface area contributed by atoms with Crippen LogP contribution in [0.5, 0.6) is 0 Å². The molecule has 96 valence electrons. The molecule has 0 amide bonds. The van der Waals surface area contributed by atoms with E-state index >= 15 is 0 Å². The largest absolute Gasteiger partial charge is 0.306 e. The third-order valence-electron chi connectivity index (χ3n) is 2.55. The molecule has 0 aliphatic heterocycles. The molecule has 2 aromatic rings. The highest BCUT2D eigenvalue weighted by molar-refractivity contribution is 9.10. The van der Waals surface area contributed by atoms with Gasteiger partial charge in [0, 0.05) is 34.2 Å². The standard InChI is InChI=1S/C13H14BrFN2S/c1-2-11-7-17-13(18-11)8-16-6-9-5-10(14)3-4-12(9)15/h3-5,7,16H,2,6,8H2,1H3. The molecule has 0 saturated carbocycles. The van der Waals surface area contributed by atoms with Gasteiger partial charge in [0.15, 0.2) is 0 Å². The summed E-state index contributed by atoms with van der Waals surface area (Å²) in [5, 5.41) is 4.25. The molecule has 1 N–H and O–H groups in total. The van der Waals surface area contributed by atoms with Crippen molar-refractivity contribution in [3.8, 4) is 0 Å². The molecule has 0 bridgehead atoms. The Labute approximate surface area is 118 Å². The predicted molar refractivity (Wildman–Crippen MR) is 76.1 cm³/mol. The van der Waals surface area contributed by atoms with E-state index in [0.29, 0.717) is 18.7 Å². The minimum absolute atomic E-state index is 0.181. The highest BCUT2D eigenvalue weighted by atomic mass is 79.9. The monoisotopic (exact) mass is 328 g/mol. The van der Waals surface area contributed by atoms with Gasteiger partial charge >= 0.3 is 0 Å². The predicted octanol–water partition coefficient (Wildman–Crippen LogP) is 3.90. The van der Waals surface area contributed by atoms with Crippen molar-refractivity contribution in [3.63, 3.8) is 0 Å². The normalized spacial score (nSPS) is 10.8. The second kappa shape index (κ2) is 6.41. The van der Waals surface area contributed by atoms with Gasteiger partial charge in [0.25, 0.3) is 0 Å². The fraction of sp³-hybridized carbons (Fsp3) is 0.308. The molecule has 0 fully saturated rings. The van der Waals surface area contributed by atoms with Crippen LogP contribution in [0.15, 0.2) is 28.9 Å². The molecule has 1 aromatic carbocycles. The Morgan fingerprint density at radius 2 is 2.22 bits per heavy atom. The van der Waals surface area contributed by atoms with Crippen LogP contribution in [0.4, 0.5) is 4.39 Å². The summed E-state index contributed by atoms with van der Waals surface area (Å²) in [6, 6.07) is 4.97. The molecule has 0 saturated heterocycles. The van der Waals surface area contributed by atoms with E-state index in [2.05, 4.69) is 33.2 Å². The Morgan fingerprint density at radius 1 is 1.39 bits per heavy atom. The molecule has 2 rings (SSSR count). The number of rotatable bonds is 5. The number of nitrogens with zero attached hydrogens (tertiary/aromatic N) is 1. The first-order valence-corrected chi connectivity index (χ1v) is 7.38. The summed E-state index contributed by atoms with van der Waals surface area (Å²) in [5.41, 5.74) is 0.664. The van der Waals surface area contributed by atoms with Crippen LogP contribution in [0.1, 0.15) is 22.4 Å². The van der Waals surface area contributed by atoms with Crippen LogP contribution in [0.25, 0.3) is 0 Å². The molecule has 0 aliphatic carbocycles. The maximum atomic E-state index is 13.5. The Kier molecular flexibility index (Phi) is 4.86. The van der Waals surface area contributed by atoms with E-state index < -0.39 is 0 Å². The molecule has 0 radical (unpaired) electrons. The maximum absolute atomic E-state index is 13.5. The highest BCUT2D eigenvalue weighted by Gasteiger charge is 2.04. The number of nitrogens with one attached hydrogen (secondary N) is 1. The molecule has 0 atom stereocenters. The average Bonchev–Trinajstić information content (AvgIpc) is 2.81. The zero-order chi connectivity index (χ0) is 13.0. The average molecular weight is 329 g/mol. The van der Waals surface area contributed by atoms with Crippen LogP contribution in [0, 0.1) is 5.82 Å². The van der Waals surface area contributed by atoms with E-state index in [0.717, 1.165) is 15.9 Å². The summed E-state index contributed by atoms with van der Waals surface area (Å²) in [6.07, 6.45) is 2.92. The van der Waals surface area contributed by atoms with Gasteiger partial charge in [0.2, 0.25) is 0 Å². The first kappa shape index (κ1) is 13.6. The zero-order valence-corrected chi connectivity index (χ0v) is 12.4. The SMILES string of the molecule is CCc1cnc(CNCc2cc(Br)ccc2F)s1. The summed E-state index contributed by atoms with van der Waals surface area (Å²) in [4.78, 5) is 5.59. The summed E-state index contributed by atoms with van der Waals surface area (Å²) in [5.74, 6) is -0.181. The van der Waals surface area contributed by atoms with Crippen molar-refractivity contribution in [1.29, 1.82) is 0 Å². The van der Waals surface area contributed by atoms with E-state index in [-0.39, 0.29) is 5.82 Å². The molecular formula is C13H14BrFN2S. The number of aromatic nitrogens is 1. The summed E-state index contributed by atoms with van der Waals surface area (Å²) < 4.78 is 14.4. The Balaban J connectivity index is 1.90. The van der Waals surface area contributed by atoms with Crippen LogP contribution in [-0.2, 0) is 19.5 Å². The molecule has 5 heteroatoms. The van der Waals surface area contributed by atoms with Gasteiger partial charge in [0.05, 0.1) is 0 Å². The van der Waals surface area contributed by atoms with E-state index in [9.17, 15) is 4.39 Å². The topological polar surface area (TPSA) is 24.9 Å². The lowest BCUT2D eigenvalue weighted by Gasteiger charge is -2.05. The molecule has 0 unspecified atom stereocenters. The molecule has 1 aromatic heterocycles. The lowest BCUT2D eigenvalue weighted by atomic mass is 10.2. The van der Waals surface area contributed by atoms with Crippen molar-refractivity contribution in [2.45, 2.75) is 26.4 Å². The van der Waals surface area contributed by atoms with Gasteiger partial charge in [0.1, 0.15) is 10.8 Å². The lowest BCUT2D eigenvalue weighted by Crippen LogP contribution is -2.13. The minimum Gasteiger partial charge on any atom is -0.306 e. The van der Waals surface area contributed by atoms with Crippen molar-refractivity contribution in [2.24, 2.45) is 0 Å². The third-order valence-corrected chi connectivity index (χ3v) is 4.18. The lowest BCUT2D eigenvalue weighted by molar-refractivity contribution is 0.587. The summed E-state index contributed by atoms with van der Waals surface area (Å²) >= 11 is 5.04. The number of hydrogen-bond donors (Lipinski definition) is 1. The van der Waals surface area contributed by atoms with Crippen molar-refractivity contribution in [2.75, 3.05) is 0 Å². The number of benzene rings is 1. The molecular weight excluding hydrogens is 315 g/mol. The molecule has 18 heavy (non-hydrogen) atoms. The second-order valence-electron chi connectivity index (χ2n) is 3.91. The van der Waals surface area contributed by atoms with Crippen molar-refractivity contribution in [3.05, 3.63) is 50.1 Å². The molecule has 0 spiro atoms. The van der Waals surface area contributed by atoms with Crippen molar-refractivity contribution < 1.29 is 4.39 Å². The summed E-state index contributed by atoms with van der Waals surface area (Å²) in [7, 11) is 0. The number of halogens is 2. The molecule has 2 nitrogen and oxygen atoms in total. The second-order valence-corrected chi connectivity index (χ2v) is 6.03. The van der Waals surface area contributed by atoms with Gasteiger partial charge in [-0.25, -0.2) is 9.37 Å². The Morgan fingerprint density at radius 3 is 2.94 bits per heavy atom. The zero-order valence-electron chi connectivity index (χ0n) is 10.0. The molecule has 1 heterocycles. The smallest absolute Gasteiger partial charge is 0.127 e. The fourth-order valence-electron chi connectivity index (χ4n) is 1.58. The van der Waals surface area contributed by atoms with Crippen LogP contribution < -0.4 is 5.32 Å². The quantitative estimate of drug-likeness (QED) is 0.900.